The first-order chi connectivity index (χ1) is 19.8. The number of carboxylic acid groups (broad SMARTS) is 1. The van der Waals surface area contributed by atoms with Crippen LogP contribution in [-0.2, 0) is 14.3 Å². The number of aryl methyl sites for hydroxylation is 1. The van der Waals surface area contributed by atoms with E-state index in [1.807, 2.05) is 0 Å². The van der Waals surface area contributed by atoms with E-state index in [4.69, 9.17) is 9.73 Å². The van der Waals surface area contributed by atoms with Crippen molar-refractivity contribution in [1.29, 1.82) is 0 Å². The number of rotatable bonds is 9. The number of pyridine rings is 1. The first-order valence-electron chi connectivity index (χ1n) is 13.7. The molecule has 0 saturated carbocycles. The Balaban J connectivity index is 1.54. The number of aliphatic imine (C=N–C) groups is 1. The van der Waals surface area contributed by atoms with Crippen LogP contribution in [0.2, 0.25) is 0 Å². The smallest absolute Gasteiger partial charge is 0.338 e. The number of nitrogens with one attached hydrogen (secondary N) is 1. The minimum absolute atomic E-state index is 0.0122. The molecule has 2 aromatic heterocycles. The molecule has 226 valence electrons. The highest BCUT2D eigenvalue weighted by Crippen LogP contribution is 2.43. The second-order valence-corrected chi connectivity index (χ2v) is 12.3. The van der Waals surface area contributed by atoms with E-state index in [0.717, 1.165) is 0 Å². The summed E-state index contributed by atoms with van der Waals surface area (Å²) in [6.45, 7) is 6.10. The zero-order valence-corrected chi connectivity index (χ0v) is 24.6. The number of hydrogen-bond acceptors (Lipinski definition) is 10. The van der Waals surface area contributed by atoms with Crippen LogP contribution in [0, 0.1) is 18.3 Å². The highest BCUT2D eigenvalue weighted by atomic mass is 32.1. The first-order valence-corrected chi connectivity index (χ1v) is 14.6. The molecule has 2 aromatic rings. The summed E-state index contributed by atoms with van der Waals surface area (Å²) in [5, 5.41) is 15.1. The molecule has 5 rings (SSSR count). The summed E-state index contributed by atoms with van der Waals surface area (Å²) in [5.74, 6) is -5.17. The van der Waals surface area contributed by atoms with Gasteiger partial charge < -0.3 is 15.2 Å². The largest absolute Gasteiger partial charge is 0.481 e. The number of carbonyl (C=O) groups excluding carboxylic acids is 1. The van der Waals surface area contributed by atoms with E-state index in [-0.39, 0.29) is 25.3 Å². The van der Waals surface area contributed by atoms with E-state index >= 15 is 8.78 Å². The summed E-state index contributed by atoms with van der Waals surface area (Å²) in [7, 11) is 0. The van der Waals surface area contributed by atoms with Gasteiger partial charge >= 0.3 is 11.9 Å². The predicted octanol–water partition coefficient (Wildman–Crippen LogP) is 3.40. The number of aromatic nitrogens is 2. The molecular formula is C28H33F3N6O4S. The predicted molar refractivity (Wildman–Crippen MR) is 149 cm³/mol. The van der Waals surface area contributed by atoms with Crippen molar-refractivity contribution in [2.45, 2.75) is 58.2 Å². The highest BCUT2D eigenvalue weighted by Gasteiger charge is 2.60. The second kappa shape index (κ2) is 11.4. The molecule has 0 aliphatic carbocycles. The Morgan fingerprint density at radius 1 is 1.29 bits per heavy atom. The van der Waals surface area contributed by atoms with Crippen LogP contribution in [0.4, 0.5) is 13.2 Å². The van der Waals surface area contributed by atoms with Gasteiger partial charge in [0.2, 0.25) is 5.95 Å². The molecule has 3 aliphatic heterocycles. The summed E-state index contributed by atoms with van der Waals surface area (Å²) in [4.78, 5) is 41.4. The van der Waals surface area contributed by atoms with Crippen molar-refractivity contribution in [1.82, 2.24) is 25.1 Å². The fourth-order valence-corrected chi connectivity index (χ4v) is 6.64. The zero-order valence-electron chi connectivity index (χ0n) is 23.7. The summed E-state index contributed by atoms with van der Waals surface area (Å²) in [6, 6.07) is 0.00705. The van der Waals surface area contributed by atoms with Crippen molar-refractivity contribution < 1.29 is 32.6 Å². The van der Waals surface area contributed by atoms with Crippen LogP contribution in [0.1, 0.15) is 49.5 Å². The summed E-state index contributed by atoms with van der Waals surface area (Å²) < 4.78 is 50.5. The number of nitrogens with zero attached hydrogens (tertiary/aromatic N) is 5. The minimum atomic E-state index is -3.11. The van der Waals surface area contributed by atoms with Crippen LogP contribution in [0.3, 0.4) is 0 Å². The lowest BCUT2D eigenvalue weighted by Crippen LogP contribution is -2.49. The number of esters is 1. The van der Waals surface area contributed by atoms with Crippen molar-refractivity contribution in [3.8, 4) is 0 Å². The SMILES string of the molecule is CCOC(=O)C1=C(CN2CC(F)(F)[C@H]3[C@@H]2CCN3CC(C)(C)C(=O)O)NC(c2nccs2)=NC1c1ccc(F)nc1C. The topological polar surface area (TPSA) is 120 Å². The first kappa shape index (κ1) is 30.1. The van der Waals surface area contributed by atoms with Crippen LogP contribution < -0.4 is 5.32 Å². The van der Waals surface area contributed by atoms with Crippen LogP contribution in [0.15, 0.2) is 40.0 Å². The van der Waals surface area contributed by atoms with Crippen molar-refractivity contribution in [3.63, 3.8) is 0 Å². The van der Waals surface area contributed by atoms with Gasteiger partial charge in [0.25, 0.3) is 5.92 Å². The normalized spacial score (nSPS) is 24.4. The van der Waals surface area contributed by atoms with Crippen molar-refractivity contribution in [2.24, 2.45) is 10.4 Å². The average Bonchev–Trinajstić information content (AvgIpc) is 3.63. The molecule has 1 unspecified atom stereocenters. The van der Waals surface area contributed by atoms with Gasteiger partial charge in [0.1, 0.15) is 6.04 Å². The summed E-state index contributed by atoms with van der Waals surface area (Å²) in [6.07, 6.45) is 2.02. The number of aliphatic carboxylic acids is 1. The number of alkyl halides is 2. The van der Waals surface area contributed by atoms with Gasteiger partial charge in [0, 0.05) is 54.2 Å². The quantitative estimate of drug-likeness (QED) is 0.327. The number of hydrogen-bond donors (Lipinski definition) is 2. The van der Waals surface area contributed by atoms with Crippen molar-refractivity contribution in [3.05, 3.63) is 57.2 Å². The van der Waals surface area contributed by atoms with E-state index in [2.05, 4.69) is 15.3 Å². The van der Waals surface area contributed by atoms with Crippen LogP contribution >= 0.6 is 11.3 Å². The number of carbonyl (C=O) groups is 2. The lowest BCUT2D eigenvalue weighted by Gasteiger charge is -2.33. The molecule has 0 bridgehead atoms. The maximum Gasteiger partial charge on any atom is 0.338 e. The Labute approximate surface area is 245 Å². The molecule has 2 fully saturated rings. The van der Waals surface area contributed by atoms with Gasteiger partial charge in [-0.05, 0) is 40.2 Å². The third-order valence-corrected chi connectivity index (χ3v) is 8.75. The molecule has 0 radical (unpaired) electrons. The maximum absolute atomic E-state index is 15.6. The van der Waals surface area contributed by atoms with Gasteiger partial charge in [0.05, 0.1) is 30.2 Å². The summed E-state index contributed by atoms with van der Waals surface area (Å²) >= 11 is 1.31. The molecule has 10 nitrogen and oxygen atoms in total. The monoisotopic (exact) mass is 606 g/mol. The van der Waals surface area contributed by atoms with Gasteiger partial charge in [-0.2, -0.15) is 4.39 Å². The van der Waals surface area contributed by atoms with E-state index < -0.39 is 53.9 Å². The molecule has 0 amide bonds. The molecule has 42 heavy (non-hydrogen) atoms. The van der Waals surface area contributed by atoms with Crippen LogP contribution in [-0.4, -0.2) is 93.4 Å². The number of carboxylic acids is 1. The van der Waals surface area contributed by atoms with E-state index in [0.29, 0.717) is 40.8 Å². The number of halogens is 3. The van der Waals surface area contributed by atoms with Gasteiger partial charge in [-0.3, -0.25) is 19.6 Å². The minimum Gasteiger partial charge on any atom is -0.481 e. The van der Waals surface area contributed by atoms with Crippen molar-refractivity contribution in [2.75, 3.05) is 32.8 Å². The van der Waals surface area contributed by atoms with Crippen LogP contribution in [0.25, 0.3) is 0 Å². The van der Waals surface area contributed by atoms with Crippen molar-refractivity contribution >= 4 is 29.1 Å². The molecule has 3 aliphatic rings. The molecule has 0 aromatic carbocycles. The Bertz CT molecular complexity index is 1430. The molecule has 3 atom stereocenters. The Kier molecular flexibility index (Phi) is 8.16. The fourth-order valence-electron chi connectivity index (χ4n) is 6.05. The summed E-state index contributed by atoms with van der Waals surface area (Å²) in [5.41, 5.74) is 0.0621. The van der Waals surface area contributed by atoms with Crippen LogP contribution in [0.5, 0.6) is 0 Å². The maximum atomic E-state index is 15.6. The number of ether oxygens (including phenoxy) is 1. The van der Waals surface area contributed by atoms with Gasteiger partial charge in [0.15, 0.2) is 10.8 Å². The molecular weight excluding hydrogens is 573 g/mol. The van der Waals surface area contributed by atoms with Gasteiger partial charge in [-0.25, -0.2) is 23.5 Å². The number of fused-ring (bicyclic) bond motifs is 1. The molecule has 2 saturated heterocycles. The third kappa shape index (κ3) is 5.66. The van der Waals surface area contributed by atoms with E-state index in [1.54, 1.807) is 35.2 Å². The van der Waals surface area contributed by atoms with E-state index in [9.17, 15) is 19.1 Å². The molecule has 2 N–H and O–H groups in total. The number of thiazole rings is 1. The standard InChI is InChI=1S/C28H33F3N6O4S/c1-5-41-25(38)20-17(12-37-14-28(30,31)22-18(37)8-10-36(22)13-27(3,4)26(39)40)34-23(24-32-9-11-42-24)35-21(20)16-6-7-19(29)33-15(16)2/h6-7,9,11,18,21-22H,5,8,10,12-14H2,1-4H3,(H,34,35)(H,39,40)/t18-,21?,22+/m0/s1. The Morgan fingerprint density at radius 2 is 2.05 bits per heavy atom. The second-order valence-electron chi connectivity index (χ2n) is 11.4. The average molecular weight is 607 g/mol. The molecule has 0 spiro atoms. The van der Waals surface area contributed by atoms with Gasteiger partial charge in [-0.1, -0.05) is 6.07 Å². The highest BCUT2D eigenvalue weighted by molar-refractivity contribution is 7.11. The van der Waals surface area contributed by atoms with E-state index in [1.165, 1.54) is 37.3 Å². The third-order valence-electron chi connectivity index (χ3n) is 7.97. The Hall–Kier alpha value is -3.36. The zero-order chi connectivity index (χ0) is 30.4. The Morgan fingerprint density at radius 3 is 2.69 bits per heavy atom. The number of amidine groups is 1. The lowest BCUT2D eigenvalue weighted by molar-refractivity contribution is -0.149. The lowest BCUT2D eigenvalue weighted by atomic mass is 9.92. The number of likely N-dealkylation sites (tertiary alicyclic amines) is 2. The molecule has 14 heteroatoms. The molecule has 5 heterocycles. The van der Waals surface area contributed by atoms with Gasteiger partial charge in [-0.15, -0.1) is 11.3 Å². The fraction of sp³-hybridized carbons (Fsp3) is 0.536.